The largest absolute Gasteiger partial charge is 2.00 e. The van der Waals surface area contributed by atoms with E-state index in [0.717, 1.165) is 0 Å². The van der Waals surface area contributed by atoms with Crippen LogP contribution in [0.3, 0.4) is 0 Å². The van der Waals surface area contributed by atoms with E-state index < -0.39 is 9.05 Å². The Bertz CT molecular complexity index is 27.2. The molecule has 0 unspecified atom stereocenters. The monoisotopic (exact) mass is 192 g/mol. The van der Waals surface area contributed by atoms with E-state index >= 15 is 0 Å². The van der Waals surface area contributed by atoms with E-state index in [1.807, 2.05) is 0 Å². The third-order valence-corrected chi connectivity index (χ3v) is 0. The molecule has 0 aliphatic heterocycles. The second-order valence-electron chi connectivity index (χ2n) is 0.600. The number of rotatable bonds is 0. The van der Waals surface area contributed by atoms with Gasteiger partial charge in [-0.3, -0.25) is 0 Å². The molecule has 40 valence electrons. The topological polar surface area (TPSA) is 80.9 Å². The third kappa shape index (κ3) is 168. The fourth-order valence-electron chi connectivity index (χ4n) is 0. The molecule has 7 heteroatoms. The van der Waals surface area contributed by atoms with Crippen LogP contribution in [0.5, 0.6) is 0 Å². The molecule has 0 fully saturated rings. The van der Waals surface area contributed by atoms with E-state index in [4.69, 9.17) is 19.2 Å². The first-order valence-corrected chi connectivity index (χ1v) is 2.68. The molecule has 4 nitrogen and oxygen atoms in total. The maximum atomic E-state index is 7.33. The molecule has 0 aromatic heterocycles. The zero-order chi connectivity index (χ0) is 4.50. The van der Waals surface area contributed by atoms with E-state index in [1.165, 1.54) is 0 Å². The van der Waals surface area contributed by atoms with Crippen molar-refractivity contribution in [3.63, 3.8) is 0 Å². The SMILES string of the molecule is O[Si](O)(O)O.[S-2].[Zn+2]. The van der Waals surface area contributed by atoms with Crippen LogP contribution in [-0.2, 0) is 33.0 Å². The fraction of sp³-hybridized carbons (Fsp3) is 0. The Kier molecular flexibility index (Phi) is 11.6. The van der Waals surface area contributed by atoms with Gasteiger partial charge in [-0.1, -0.05) is 0 Å². The first-order valence-electron chi connectivity index (χ1n) is 0.894. The summed E-state index contributed by atoms with van der Waals surface area (Å²) >= 11 is 0. The van der Waals surface area contributed by atoms with Crippen LogP contribution in [-0.4, -0.2) is 28.2 Å². The molecule has 0 aliphatic rings. The maximum Gasteiger partial charge on any atom is 2.00 e. The van der Waals surface area contributed by atoms with Gasteiger partial charge < -0.3 is 32.7 Å². The van der Waals surface area contributed by atoms with Crippen LogP contribution in [0, 0.1) is 0 Å². The zero-order valence-corrected chi connectivity index (χ0v) is 8.19. The van der Waals surface area contributed by atoms with E-state index in [9.17, 15) is 0 Å². The molecule has 7 heavy (non-hydrogen) atoms. The average Bonchev–Trinajstić information content (AvgIpc) is 0.722. The zero-order valence-electron chi connectivity index (χ0n) is 3.40. The van der Waals surface area contributed by atoms with Crippen LogP contribution in [0.1, 0.15) is 0 Å². The summed E-state index contributed by atoms with van der Waals surface area (Å²) in [6.07, 6.45) is 0. The van der Waals surface area contributed by atoms with E-state index in [-0.39, 0.29) is 33.0 Å². The molecule has 0 aromatic carbocycles. The number of hydrogen-bond acceptors (Lipinski definition) is 4. The van der Waals surface area contributed by atoms with Gasteiger partial charge >= 0.3 is 28.5 Å². The fourth-order valence-corrected chi connectivity index (χ4v) is 0. The van der Waals surface area contributed by atoms with Crippen molar-refractivity contribution in [2.24, 2.45) is 0 Å². The second kappa shape index (κ2) is 5.17. The third-order valence-electron chi connectivity index (χ3n) is 0. The Morgan fingerprint density at radius 2 is 0.857 bits per heavy atom. The van der Waals surface area contributed by atoms with Gasteiger partial charge in [-0.05, 0) is 0 Å². The Morgan fingerprint density at radius 1 is 0.857 bits per heavy atom. The molecule has 0 aliphatic carbocycles. The quantitative estimate of drug-likeness (QED) is 0.318. The molecule has 0 aromatic rings. The van der Waals surface area contributed by atoms with Crippen molar-refractivity contribution in [1.82, 2.24) is 0 Å². The van der Waals surface area contributed by atoms with Crippen molar-refractivity contribution in [3.05, 3.63) is 0 Å². The van der Waals surface area contributed by atoms with Gasteiger partial charge in [0.15, 0.2) is 0 Å². The second-order valence-corrected chi connectivity index (χ2v) is 1.80. The van der Waals surface area contributed by atoms with Crippen molar-refractivity contribution < 1.29 is 38.7 Å². The van der Waals surface area contributed by atoms with Gasteiger partial charge in [0.2, 0.25) is 0 Å². The van der Waals surface area contributed by atoms with E-state index in [0.29, 0.717) is 0 Å². The normalized spacial score (nSPS) is 8.57. The number of hydrogen-bond donors (Lipinski definition) is 4. The molecule has 0 atom stereocenters. The Balaban J connectivity index is -0.0000000800. The van der Waals surface area contributed by atoms with Crippen LogP contribution in [0.15, 0.2) is 0 Å². The minimum atomic E-state index is -4.61. The minimum Gasteiger partial charge on any atom is -2.00 e. The minimum absolute atomic E-state index is 0. The molecular weight excluding hydrogens is 190 g/mol. The first kappa shape index (κ1) is 15.7. The van der Waals surface area contributed by atoms with Crippen LogP contribution in [0.25, 0.3) is 0 Å². The van der Waals surface area contributed by atoms with Gasteiger partial charge in [0.25, 0.3) is 0 Å². The van der Waals surface area contributed by atoms with Crippen molar-refractivity contribution in [1.29, 1.82) is 0 Å². The molecule has 0 bridgehead atoms. The van der Waals surface area contributed by atoms with Gasteiger partial charge in [0, 0.05) is 0 Å². The van der Waals surface area contributed by atoms with Gasteiger partial charge in [0.1, 0.15) is 0 Å². The van der Waals surface area contributed by atoms with Crippen molar-refractivity contribution in [2.75, 3.05) is 0 Å². The average molecular weight is 194 g/mol. The summed E-state index contributed by atoms with van der Waals surface area (Å²) < 4.78 is 0. The smallest absolute Gasteiger partial charge is 2.00 e. The molecule has 0 rings (SSSR count). The van der Waals surface area contributed by atoms with Crippen LogP contribution in [0.2, 0.25) is 0 Å². The molecule has 0 radical (unpaired) electrons. The molecule has 0 heterocycles. The summed E-state index contributed by atoms with van der Waals surface area (Å²) in [5.41, 5.74) is 0. The van der Waals surface area contributed by atoms with E-state index in [2.05, 4.69) is 0 Å². The summed E-state index contributed by atoms with van der Waals surface area (Å²) in [5, 5.41) is 0. The van der Waals surface area contributed by atoms with Crippen molar-refractivity contribution in [2.45, 2.75) is 0 Å². The first-order chi connectivity index (χ1) is 2.00. The summed E-state index contributed by atoms with van der Waals surface area (Å²) in [5.74, 6) is 0. The molecule has 0 saturated heterocycles. The molecule has 0 saturated carbocycles. The van der Waals surface area contributed by atoms with Gasteiger partial charge in [-0.25, -0.2) is 0 Å². The van der Waals surface area contributed by atoms with Crippen LogP contribution >= 0.6 is 0 Å². The van der Waals surface area contributed by atoms with Crippen LogP contribution < -0.4 is 0 Å². The van der Waals surface area contributed by atoms with Crippen molar-refractivity contribution >= 4 is 22.5 Å². The Hall–Kier alpha value is 1.03. The predicted molar refractivity (Wildman–Crippen MR) is 22.0 cm³/mol. The summed E-state index contributed by atoms with van der Waals surface area (Å²) in [7, 11) is -4.61. The summed E-state index contributed by atoms with van der Waals surface area (Å²) in [6, 6.07) is 0. The molecule has 0 spiro atoms. The van der Waals surface area contributed by atoms with E-state index in [1.54, 1.807) is 0 Å². The molecule has 0 amide bonds. The molecular formula is H4O4SSiZn. The molecule has 4 N–H and O–H groups in total. The predicted octanol–water partition coefficient (Wildman–Crippen LogP) is -2.61. The summed E-state index contributed by atoms with van der Waals surface area (Å²) in [4.78, 5) is 29.3. The van der Waals surface area contributed by atoms with Gasteiger partial charge in [0.05, 0.1) is 0 Å². The Labute approximate surface area is 61.5 Å². The van der Waals surface area contributed by atoms with Crippen LogP contribution in [0.4, 0.5) is 0 Å². The van der Waals surface area contributed by atoms with Gasteiger partial charge in [-0.2, -0.15) is 0 Å². The Morgan fingerprint density at radius 3 is 0.857 bits per heavy atom. The summed E-state index contributed by atoms with van der Waals surface area (Å²) in [6.45, 7) is 0. The standard InChI is InChI=1S/H4O4Si.S.Zn/c1-5(2,3)4;;/h1-4H;;/q;-2;+2. The van der Waals surface area contributed by atoms with Gasteiger partial charge in [-0.15, -0.1) is 0 Å². The van der Waals surface area contributed by atoms with Crippen molar-refractivity contribution in [3.8, 4) is 0 Å². The maximum absolute atomic E-state index is 7.33.